The minimum Gasteiger partial charge on any atom is -0.507 e. The number of carbonyl (C=O) groups excluding carboxylic acids is 1. The number of carbonyl (C=O) groups is 1. The van der Waals surface area contributed by atoms with Crippen LogP contribution >= 0.6 is 0 Å². The molecular formula is C21H16N2O5. The molecular weight excluding hydrogens is 360 g/mol. The second kappa shape index (κ2) is 6.70. The number of rotatable bonds is 4. The number of para-hydroxylation sites is 2. The highest BCUT2D eigenvalue weighted by molar-refractivity contribution is 6.16. The summed E-state index contributed by atoms with van der Waals surface area (Å²) in [4.78, 5) is 13.5. The Bertz CT molecular complexity index is 1100. The largest absolute Gasteiger partial charge is 0.507 e. The van der Waals surface area contributed by atoms with E-state index in [9.17, 15) is 15.0 Å². The Morgan fingerprint density at radius 1 is 0.750 bits per heavy atom. The topological polar surface area (TPSA) is 110 Å². The molecule has 7 heteroatoms. The highest BCUT2D eigenvalue weighted by Crippen LogP contribution is 2.37. The van der Waals surface area contributed by atoms with Crippen LogP contribution in [0.25, 0.3) is 22.5 Å². The number of hydrogen-bond acceptors (Lipinski definition) is 7. The third-order valence-electron chi connectivity index (χ3n) is 4.50. The molecule has 0 saturated heterocycles. The van der Waals surface area contributed by atoms with E-state index in [1.807, 2.05) is 0 Å². The van der Waals surface area contributed by atoms with Gasteiger partial charge in [0.2, 0.25) is 5.78 Å². The molecule has 0 radical (unpaired) electrons. The Hall–Kier alpha value is -3.87. The van der Waals surface area contributed by atoms with Crippen LogP contribution in [0.15, 0.2) is 57.6 Å². The fraction of sp³-hybridized carbons (Fsp3) is 0.0952. The number of aromatic hydroxyl groups is 2. The van der Waals surface area contributed by atoms with Gasteiger partial charge in [0.05, 0.1) is 11.1 Å². The molecule has 0 amide bonds. The van der Waals surface area contributed by atoms with Crippen LogP contribution in [0.3, 0.4) is 0 Å². The van der Waals surface area contributed by atoms with E-state index in [1.54, 1.807) is 50.2 Å². The van der Waals surface area contributed by atoms with Gasteiger partial charge in [-0.05, 0) is 38.1 Å². The minimum absolute atomic E-state index is 0.0205. The average molecular weight is 376 g/mol. The SMILES string of the molecule is Cc1onc(-c2ccccc2O)c1C(=O)c1c(-c2ccccc2O)noc1C. The maximum Gasteiger partial charge on any atom is 0.204 e. The molecule has 2 N–H and O–H groups in total. The maximum atomic E-state index is 13.5. The van der Waals surface area contributed by atoms with Gasteiger partial charge in [-0.3, -0.25) is 4.79 Å². The number of aromatic nitrogens is 2. The Labute approximate surface area is 159 Å². The molecule has 0 spiro atoms. The van der Waals surface area contributed by atoms with E-state index in [1.165, 1.54) is 12.1 Å². The third kappa shape index (κ3) is 2.73. The molecule has 0 unspecified atom stereocenters. The first-order chi connectivity index (χ1) is 13.5. The van der Waals surface area contributed by atoms with Crippen LogP contribution < -0.4 is 0 Å². The zero-order valence-electron chi connectivity index (χ0n) is 15.1. The van der Waals surface area contributed by atoms with Crippen molar-refractivity contribution in [1.29, 1.82) is 0 Å². The number of nitrogens with zero attached hydrogens (tertiary/aromatic N) is 2. The monoisotopic (exact) mass is 376 g/mol. The highest BCUT2D eigenvalue weighted by Gasteiger charge is 2.30. The molecule has 4 rings (SSSR count). The van der Waals surface area contributed by atoms with Gasteiger partial charge in [0.25, 0.3) is 0 Å². The van der Waals surface area contributed by atoms with Crippen LogP contribution in [0.5, 0.6) is 11.5 Å². The van der Waals surface area contributed by atoms with E-state index in [2.05, 4.69) is 10.3 Å². The molecule has 0 bridgehead atoms. The zero-order valence-corrected chi connectivity index (χ0v) is 15.1. The first-order valence-electron chi connectivity index (χ1n) is 8.53. The summed E-state index contributed by atoms with van der Waals surface area (Å²) in [5.41, 5.74) is 1.60. The van der Waals surface area contributed by atoms with E-state index in [-0.39, 0.29) is 34.0 Å². The minimum atomic E-state index is -0.422. The van der Waals surface area contributed by atoms with Gasteiger partial charge in [-0.1, -0.05) is 34.6 Å². The molecule has 7 nitrogen and oxygen atoms in total. The first-order valence-corrected chi connectivity index (χ1v) is 8.53. The highest BCUT2D eigenvalue weighted by atomic mass is 16.5. The Kier molecular flexibility index (Phi) is 4.19. The predicted octanol–water partition coefficient (Wildman–Crippen LogP) is 4.26. The van der Waals surface area contributed by atoms with Crippen LogP contribution in [0, 0.1) is 13.8 Å². The van der Waals surface area contributed by atoms with Crippen molar-refractivity contribution < 1.29 is 24.1 Å². The maximum absolute atomic E-state index is 13.5. The summed E-state index contributed by atoms with van der Waals surface area (Å²) in [5.74, 6) is 0.133. The van der Waals surface area contributed by atoms with Crippen LogP contribution in [0.1, 0.15) is 27.4 Å². The third-order valence-corrected chi connectivity index (χ3v) is 4.50. The summed E-state index contributed by atoms with van der Waals surface area (Å²) in [7, 11) is 0. The molecule has 0 saturated carbocycles. The second-order valence-corrected chi connectivity index (χ2v) is 6.29. The van der Waals surface area contributed by atoms with Gasteiger partial charge in [-0.25, -0.2) is 0 Å². The van der Waals surface area contributed by atoms with E-state index < -0.39 is 5.78 Å². The van der Waals surface area contributed by atoms with Gasteiger partial charge in [-0.2, -0.15) is 0 Å². The fourth-order valence-corrected chi connectivity index (χ4v) is 3.12. The first kappa shape index (κ1) is 17.5. The average Bonchev–Trinajstić information content (AvgIpc) is 3.25. The lowest BCUT2D eigenvalue weighted by atomic mass is 9.94. The van der Waals surface area contributed by atoms with Crippen molar-refractivity contribution in [1.82, 2.24) is 10.3 Å². The van der Waals surface area contributed by atoms with Gasteiger partial charge in [0.15, 0.2) is 0 Å². The van der Waals surface area contributed by atoms with Gasteiger partial charge < -0.3 is 19.3 Å². The van der Waals surface area contributed by atoms with E-state index in [4.69, 9.17) is 9.05 Å². The molecule has 0 aliphatic heterocycles. The summed E-state index contributed by atoms with van der Waals surface area (Å²) in [5, 5.41) is 28.3. The van der Waals surface area contributed by atoms with Crippen LogP contribution in [-0.4, -0.2) is 26.3 Å². The number of aryl methyl sites for hydroxylation is 2. The van der Waals surface area contributed by atoms with Crippen molar-refractivity contribution >= 4 is 5.78 Å². The van der Waals surface area contributed by atoms with E-state index >= 15 is 0 Å². The summed E-state index contributed by atoms with van der Waals surface area (Å²) in [6.45, 7) is 3.23. The molecule has 0 fully saturated rings. The number of phenols is 2. The molecule has 28 heavy (non-hydrogen) atoms. The molecule has 2 aromatic carbocycles. The van der Waals surface area contributed by atoms with Crippen molar-refractivity contribution in [3.63, 3.8) is 0 Å². The number of ketones is 1. The van der Waals surface area contributed by atoms with Crippen LogP contribution in [0.4, 0.5) is 0 Å². The van der Waals surface area contributed by atoms with Gasteiger partial charge in [-0.15, -0.1) is 0 Å². The Morgan fingerprint density at radius 2 is 1.14 bits per heavy atom. The predicted molar refractivity (Wildman–Crippen MR) is 100 cm³/mol. The normalized spacial score (nSPS) is 10.9. The lowest BCUT2D eigenvalue weighted by Gasteiger charge is -2.06. The quantitative estimate of drug-likeness (QED) is 0.512. The summed E-state index contributed by atoms with van der Waals surface area (Å²) in [6, 6.07) is 13.1. The molecule has 0 atom stereocenters. The van der Waals surface area contributed by atoms with Gasteiger partial charge >= 0.3 is 0 Å². The Balaban J connectivity index is 1.90. The fourth-order valence-electron chi connectivity index (χ4n) is 3.12. The smallest absolute Gasteiger partial charge is 0.204 e. The molecule has 0 aliphatic carbocycles. The lowest BCUT2D eigenvalue weighted by Crippen LogP contribution is -2.06. The number of benzene rings is 2. The second-order valence-electron chi connectivity index (χ2n) is 6.29. The molecule has 2 aromatic heterocycles. The number of hydrogen-bond donors (Lipinski definition) is 2. The van der Waals surface area contributed by atoms with Crippen molar-refractivity contribution in [3.05, 3.63) is 71.2 Å². The van der Waals surface area contributed by atoms with E-state index in [0.29, 0.717) is 22.6 Å². The number of phenolic OH excluding ortho intramolecular Hbond substituents is 2. The van der Waals surface area contributed by atoms with E-state index in [0.717, 1.165) is 0 Å². The lowest BCUT2D eigenvalue weighted by molar-refractivity contribution is 0.103. The summed E-state index contributed by atoms with van der Waals surface area (Å²) >= 11 is 0. The standard InChI is InChI=1S/C21H16N2O5/c1-11-17(19(22-27-11)13-7-3-5-9-15(13)24)21(26)18-12(2)28-23-20(18)14-8-4-6-10-16(14)25/h3-10,24-25H,1-2H3. The summed E-state index contributed by atoms with van der Waals surface area (Å²) < 4.78 is 10.5. The van der Waals surface area contributed by atoms with Gasteiger partial charge in [0.1, 0.15) is 34.4 Å². The molecule has 2 heterocycles. The van der Waals surface area contributed by atoms with Crippen molar-refractivity contribution in [3.8, 4) is 34.0 Å². The van der Waals surface area contributed by atoms with Gasteiger partial charge in [0, 0.05) is 11.1 Å². The summed E-state index contributed by atoms with van der Waals surface area (Å²) in [6.07, 6.45) is 0. The molecule has 0 aliphatic rings. The Morgan fingerprint density at radius 3 is 1.54 bits per heavy atom. The van der Waals surface area contributed by atoms with Crippen molar-refractivity contribution in [2.45, 2.75) is 13.8 Å². The molecule has 140 valence electrons. The van der Waals surface area contributed by atoms with Crippen LogP contribution in [0.2, 0.25) is 0 Å². The zero-order chi connectivity index (χ0) is 19.8. The van der Waals surface area contributed by atoms with Crippen molar-refractivity contribution in [2.75, 3.05) is 0 Å². The van der Waals surface area contributed by atoms with Crippen LogP contribution in [-0.2, 0) is 0 Å². The molecule has 4 aromatic rings. The van der Waals surface area contributed by atoms with Crippen molar-refractivity contribution in [2.24, 2.45) is 0 Å².